The van der Waals surface area contributed by atoms with Gasteiger partial charge in [0.1, 0.15) is 10.8 Å². The standard InChI is InChI=1S/C18H19N3OS/c1-10-7-11(2)16(14(22)8-10)17-12(9-19-21-17)18-20-13-5-3-4-6-15(13)23-18/h3-8,12,17,19,21-22H,9H2,1-2H3. The average molecular weight is 325 g/mol. The molecule has 2 aromatic carbocycles. The molecular formula is C18H19N3OS. The van der Waals surface area contributed by atoms with E-state index in [1.165, 1.54) is 4.70 Å². The van der Waals surface area contributed by atoms with Crippen molar-refractivity contribution in [3.05, 3.63) is 58.1 Å². The van der Waals surface area contributed by atoms with E-state index in [0.29, 0.717) is 5.75 Å². The van der Waals surface area contributed by atoms with Gasteiger partial charge in [-0.2, -0.15) is 0 Å². The Morgan fingerprint density at radius 2 is 2.04 bits per heavy atom. The highest BCUT2D eigenvalue weighted by molar-refractivity contribution is 7.18. The zero-order valence-electron chi connectivity index (χ0n) is 13.1. The van der Waals surface area contributed by atoms with Gasteiger partial charge in [-0.3, -0.25) is 5.43 Å². The molecule has 0 aliphatic carbocycles. The molecule has 0 saturated carbocycles. The fourth-order valence-corrected chi connectivity index (χ4v) is 4.52. The lowest BCUT2D eigenvalue weighted by Gasteiger charge is -2.20. The Morgan fingerprint density at radius 3 is 2.83 bits per heavy atom. The first kappa shape index (κ1) is 14.6. The van der Waals surface area contributed by atoms with Gasteiger partial charge >= 0.3 is 0 Å². The maximum atomic E-state index is 10.5. The number of nitrogens with one attached hydrogen (secondary N) is 2. The zero-order valence-corrected chi connectivity index (χ0v) is 13.9. The van der Waals surface area contributed by atoms with Crippen LogP contribution in [0, 0.1) is 13.8 Å². The van der Waals surface area contributed by atoms with Crippen molar-refractivity contribution in [2.45, 2.75) is 25.8 Å². The van der Waals surface area contributed by atoms with Crippen LogP contribution in [0.5, 0.6) is 5.75 Å². The summed E-state index contributed by atoms with van der Waals surface area (Å²) in [5, 5.41) is 11.6. The molecule has 4 nitrogen and oxygen atoms in total. The Hall–Kier alpha value is -1.95. The van der Waals surface area contributed by atoms with E-state index >= 15 is 0 Å². The molecule has 5 heteroatoms. The third-order valence-corrected chi connectivity index (χ3v) is 5.60. The summed E-state index contributed by atoms with van der Waals surface area (Å²) in [6, 6.07) is 12.2. The molecule has 0 bridgehead atoms. The molecule has 3 aromatic rings. The molecule has 0 radical (unpaired) electrons. The number of thiazole rings is 1. The fraction of sp³-hybridized carbons (Fsp3) is 0.278. The van der Waals surface area contributed by atoms with Crippen molar-refractivity contribution in [3.8, 4) is 5.75 Å². The van der Waals surface area contributed by atoms with Crippen molar-refractivity contribution in [3.63, 3.8) is 0 Å². The van der Waals surface area contributed by atoms with Crippen LogP contribution in [0.25, 0.3) is 10.2 Å². The number of para-hydroxylation sites is 1. The molecule has 1 fully saturated rings. The van der Waals surface area contributed by atoms with Crippen LogP contribution in [-0.2, 0) is 0 Å². The number of hydrogen-bond donors (Lipinski definition) is 3. The average Bonchev–Trinajstić information content (AvgIpc) is 3.11. The lowest BCUT2D eigenvalue weighted by molar-refractivity contribution is 0.445. The van der Waals surface area contributed by atoms with Crippen LogP contribution in [0.1, 0.15) is 33.7 Å². The van der Waals surface area contributed by atoms with Gasteiger partial charge in [-0.15, -0.1) is 11.3 Å². The summed E-state index contributed by atoms with van der Waals surface area (Å²) in [6.45, 7) is 4.86. The quantitative estimate of drug-likeness (QED) is 0.674. The molecule has 4 rings (SSSR count). The minimum absolute atomic E-state index is 0.0242. The van der Waals surface area contributed by atoms with E-state index in [4.69, 9.17) is 4.98 Å². The minimum atomic E-state index is 0.0242. The van der Waals surface area contributed by atoms with Crippen LogP contribution < -0.4 is 10.9 Å². The Morgan fingerprint density at radius 1 is 1.22 bits per heavy atom. The SMILES string of the molecule is Cc1cc(C)c(C2NNCC2c2nc3ccccc3s2)c(O)c1. The second-order valence-electron chi connectivity index (χ2n) is 6.14. The van der Waals surface area contributed by atoms with Crippen molar-refractivity contribution in [2.24, 2.45) is 0 Å². The summed E-state index contributed by atoms with van der Waals surface area (Å²) in [6.07, 6.45) is 0. The van der Waals surface area contributed by atoms with Crippen LogP contribution in [-0.4, -0.2) is 16.6 Å². The minimum Gasteiger partial charge on any atom is -0.508 e. The molecule has 2 unspecified atom stereocenters. The van der Waals surface area contributed by atoms with E-state index in [0.717, 1.165) is 33.8 Å². The summed E-state index contributed by atoms with van der Waals surface area (Å²) >= 11 is 1.74. The number of hydrazine groups is 1. The van der Waals surface area contributed by atoms with Crippen molar-refractivity contribution in [1.29, 1.82) is 0 Å². The number of benzene rings is 2. The maximum absolute atomic E-state index is 10.5. The molecule has 2 atom stereocenters. The van der Waals surface area contributed by atoms with Crippen molar-refractivity contribution in [2.75, 3.05) is 6.54 Å². The third kappa shape index (κ3) is 2.51. The predicted molar refractivity (Wildman–Crippen MR) is 93.8 cm³/mol. The molecule has 118 valence electrons. The number of hydrogen-bond acceptors (Lipinski definition) is 5. The maximum Gasteiger partial charge on any atom is 0.120 e. The van der Waals surface area contributed by atoms with E-state index in [1.54, 1.807) is 11.3 Å². The van der Waals surface area contributed by atoms with Gasteiger partial charge in [0.25, 0.3) is 0 Å². The molecule has 1 saturated heterocycles. The van der Waals surface area contributed by atoms with E-state index in [9.17, 15) is 5.11 Å². The van der Waals surface area contributed by atoms with Gasteiger partial charge in [-0.05, 0) is 43.2 Å². The summed E-state index contributed by atoms with van der Waals surface area (Å²) in [5.41, 5.74) is 10.8. The molecule has 3 N–H and O–H groups in total. The number of nitrogens with zero attached hydrogens (tertiary/aromatic N) is 1. The summed E-state index contributed by atoms with van der Waals surface area (Å²) < 4.78 is 1.21. The van der Waals surface area contributed by atoms with Gasteiger partial charge in [-0.25, -0.2) is 10.4 Å². The van der Waals surface area contributed by atoms with Gasteiger partial charge in [0.15, 0.2) is 0 Å². The van der Waals surface area contributed by atoms with Gasteiger partial charge in [0.05, 0.1) is 16.3 Å². The number of fused-ring (bicyclic) bond motifs is 1. The highest BCUT2D eigenvalue weighted by atomic mass is 32.1. The van der Waals surface area contributed by atoms with E-state index < -0.39 is 0 Å². The second kappa shape index (κ2) is 5.60. The van der Waals surface area contributed by atoms with Crippen molar-refractivity contribution >= 4 is 21.6 Å². The van der Waals surface area contributed by atoms with Crippen LogP contribution in [0.15, 0.2) is 36.4 Å². The lowest BCUT2D eigenvalue weighted by atomic mass is 9.90. The molecule has 2 heterocycles. The van der Waals surface area contributed by atoms with Crippen molar-refractivity contribution < 1.29 is 5.11 Å². The largest absolute Gasteiger partial charge is 0.508 e. The third-order valence-electron chi connectivity index (χ3n) is 4.43. The first-order valence-corrected chi connectivity index (χ1v) is 8.59. The lowest BCUT2D eigenvalue weighted by Crippen LogP contribution is -2.25. The van der Waals surface area contributed by atoms with Gasteiger partial charge in [0, 0.05) is 18.0 Å². The number of aromatic hydroxyl groups is 1. The molecule has 1 aliphatic rings. The number of phenols is 1. The monoisotopic (exact) mass is 325 g/mol. The molecule has 0 amide bonds. The summed E-state index contributed by atoms with van der Waals surface area (Å²) in [5.74, 6) is 0.564. The number of aryl methyl sites for hydroxylation is 2. The van der Waals surface area contributed by atoms with Crippen LogP contribution in [0.4, 0.5) is 0 Å². The highest BCUT2D eigenvalue weighted by Gasteiger charge is 2.34. The van der Waals surface area contributed by atoms with Gasteiger partial charge in [0.2, 0.25) is 0 Å². The Labute approximate surface area is 139 Å². The Bertz CT molecular complexity index is 818. The summed E-state index contributed by atoms with van der Waals surface area (Å²) in [7, 11) is 0. The van der Waals surface area contributed by atoms with Gasteiger partial charge < -0.3 is 5.11 Å². The van der Waals surface area contributed by atoms with E-state index in [-0.39, 0.29) is 12.0 Å². The van der Waals surface area contributed by atoms with E-state index in [1.807, 2.05) is 25.1 Å². The molecule has 0 spiro atoms. The van der Waals surface area contributed by atoms with Crippen LogP contribution >= 0.6 is 11.3 Å². The molecule has 1 aliphatic heterocycles. The van der Waals surface area contributed by atoms with Crippen LogP contribution in [0.3, 0.4) is 0 Å². The molecule has 1 aromatic heterocycles. The smallest absolute Gasteiger partial charge is 0.120 e. The number of phenolic OH excluding ortho intramolecular Hbond substituents is 1. The summed E-state index contributed by atoms with van der Waals surface area (Å²) in [4.78, 5) is 4.80. The normalized spacial score (nSPS) is 21.1. The Kier molecular flexibility index (Phi) is 3.56. The fourth-order valence-electron chi connectivity index (χ4n) is 3.41. The first-order chi connectivity index (χ1) is 11.1. The second-order valence-corrected chi connectivity index (χ2v) is 7.21. The molecular weight excluding hydrogens is 306 g/mol. The van der Waals surface area contributed by atoms with Crippen LogP contribution in [0.2, 0.25) is 0 Å². The number of rotatable bonds is 2. The van der Waals surface area contributed by atoms with Gasteiger partial charge in [-0.1, -0.05) is 18.2 Å². The predicted octanol–water partition coefficient (Wildman–Crippen LogP) is 3.55. The van der Waals surface area contributed by atoms with E-state index in [2.05, 4.69) is 36.0 Å². The topological polar surface area (TPSA) is 57.2 Å². The van der Waals surface area contributed by atoms with Crippen molar-refractivity contribution in [1.82, 2.24) is 15.8 Å². The Balaban J connectivity index is 1.77. The highest BCUT2D eigenvalue weighted by Crippen LogP contribution is 2.41. The molecule has 23 heavy (non-hydrogen) atoms. The zero-order chi connectivity index (χ0) is 16.0. The first-order valence-electron chi connectivity index (χ1n) is 7.77. The number of aromatic nitrogens is 1.